The molecule has 0 saturated carbocycles. The summed E-state index contributed by atoms with van der Waals surface area (Å²) in [6.45, 7) is 17.4. The molecule has 0 aromatic rings. The number of thioether (sulfide) groups is 1. The molecule has 1 aliphatic carbocycles. The Morgan fingerprint density at radius 3 is 1.83 bits per heavy atom. The fraction of sp³-hybridized carbons (Fsp3) is 0.500. The van der Waals surface area contributed by atoms with Gasteiger partial charge < -0.3 is 4.74 Å². The van der Waals surface area contributed by atoms with E-state index in [1.54, 1.807) is 12.2 Å². The first kappa shape index (κ1) is 20.5. The smallest absolute Gasteiger partial charge is 0.330 e. The Morgan fingerprint density at radius 2 is 1.54 bits per heavy atom. The highest BCUT2D eigenvalue weighted by Gasteiger charge is 2.51. The quantitative estimate of drug-likeness (QED) is 0.511. The Kier molecular flexibility index (Phi) is 6.45. The molecule has 0 aliphatic heterocycles. The highest BCUT2D eigenvalue weighted by molar-refractivity contribution is 8.03. The summed E-state index contributed by atoms with van der Waals surface area (Å²) in [5.74, 6) is -0.355. The normalized spacial score (nSPS) is 17.8. The topological polar surface area (TPSA) is 43.4 Å². The standard InChI is InChI=1S/C20H28O3S/c1-9-11-15-13(3)20(18(22)23-8,24-19(5,6)7)14(4)16(12-10-2)17(15)21/h9-10H,1-2,11-12H2,3-8H3. The first-order valence-electron chi connectivity index (χ1n) is 8.02. The monoisotopic (exact) mass is 348 g/mol. The largest absolute Gasteiger partial charge is 0.467 e. The van der Waals surface area contributed by atoms with Gasteiger partial charge in [-0.05, 0) is 37.8 Å². The minimum Gasteiger partial charge on any atom is -0.467 e. The van der Waals surface area contributed by atoms with E-state index in [1.165, 1.54) is 18.9 Å². The molecule has 0 fully saturated rings. The van der Waals surface area contributed by atoms with E-state index in [-0.39, 0.29) is 16.5 Å². The maximum absolute atomic E-state index is 12.9. The second-order valence-electron chi connectivity index (χ2n) is 6.91. The predicted octanol–water partition coefficient (Wildman–Crippen LogP) is 4.80. The number of Topliss-reactive ketones (excluding diaryl/α,β-unsaturated/α-hetero) is 1. The van der Waals surface area contributed by atoms with Crippen LogP contribution >= 0.6 is 11.8 Å². The van der Waals surface area contributed by atoms with E-state index in [1.807, 2.05) is 13.8 Å². The first-order chi connectivity index (χ1) is 11.1. The number of hydrogen-bond donors (Lipinski definition) is 0. The van der Waals surface area contributed by atoms with Crippen LogP contribution in [0.3, 0.4) is 0 Å². The molecular formula is C20H28O3S. The zero-order chi connectivity index (χ0) is 18.7. The Bertz CT molecular complexity index is 594. The van der Waals surface area contributed by atoms with Crippen LogP contribution < -0.4 is 0 Å². The highest BCUT2D eigenvalue weighted by Crippen LogP contribution is 2.52. The molecule has 1 aliphatic rings. The van der Waals surface area contributed by atoms with Gasteiger partial charge in [0.15, 0.2) is 10.5 Å². The molecule has 0 amide bonds. The van der Waals surface area contributed by atoms with Crippen LogP contribution in [-0.4, -0.2) is 28.4 Å². The maximum atomic E-state index is 12.9. The average Bonchev–Trinajstić information content (AvgIpc) is 2.50. The lowest BCUT2D eigenvalue weighted by molar-refractivity contribution is -0.141. The number of ketones is 1. The van der Waals surface area contributed by atoms with E-state index in [2.05, 4.69) is 33.9 Å². The van der Waals surface area contributed by atoms with Crippen molar-refractivity contribution in [3.8, 4) is 0 Å². The van der Waals surface area contributed by atoms with Gasteiger partial charge in [0.25, 0.3) is 0 Å². The lowest BCUT2D eigenvalue weighted by Gasteiger charge is -2.42. The lowest BCUT2D eigenvalue weighted by Crippen LogP contribution is -2.46. The van der Waals surface area contributed by atoms with Crippen molar-refractivity contribution in [2.24, 2.45) is 0 Å². The molecule has 3 nitrogen and oxygen atoms in total. The van der Waals surface area contributed by atoms with Crippen molar-refractivity contribution in [2.75, 3.05) is 7.11 Å². The van der Waals surface area contributed by atoms with Crippen LogP contribution in [0.2, 0.25) is 0 Å². The second-order valence-corrected chi connectivity index (χ2v) is 8.95. The molecule has 0 heterocycles. The van der Waals surface area contributed by atoms with Gasteiger partial charge in [0.1, 0.15) is 0 Å². The minimum absolute atomic E-state index is 0.0150. The summed E-state index contributed by atoms with van der Waals surface area (Å²) in [6, 6.07) is 0. The minimum atomic E-state index is -0.988. The number of allylic oxidation sites excluding steroid dienone is 4. The summed E-state index contributed by atoms with van der Waals surface area (Å²) in [4.78, 5) is 25.8. The van der Waals surface area contributed by atoms with Gasteiger partial charge in [0.05, 0.1) is 7.11 Å². The van der Waals surface area contributed by atoms with Crippen molar-refractivity contribution in [1.82, 2.24) is 0 Å². The molecule has 24 heavy (non-hydrogen) atoms. The van der Waals surface area contributed by atoms with Crippen LogP contribution in [0, 0.1) is 0 Å². The predicted molar refractivity (Wildman–Crippen MR) is 102 cm³/mol. The van der Waals surface area contributed by atoms with Crippen LogP contribution in [0.5, 0.6) is 0 Å². The van der Waals surface area contributed by atoms with E-state index < -0.39 is 4.75 Å². The van der Waals surface area contributed by atoms with E-state index in [0.29, 0.717) is 24.0 Å². The highest BCUT2D eigenvalue weighted by atomic mass is 32.2. The van der Waals surface area contributed by atoms with Gasteiger partial charge in [0, 0.05) is 15.9 Å². The molecule has 0 radical (unpaired) electrons. The molecule has 132 valence electrons. The van der Waals surface area contributed by atoms with Gasteiger partial charge >= 0.3 is 5.97 Å². The molecule has 4 heteroatoms. The van der Waals surface area contributed by atoms with Gasteiger partial charge in [-0.3, -0.25) is 4.79 Å². The van der Waals surface area contributed by atoms with E-state index in [9.17, 15) is 9.59 Å². The molecular weight excluding hydrogens is 320 g/mol. The maximum Gasteiger partial charge on any atom is 0.330 e. The van der Waals surface area contributed by atoms with Gasteiger partial charge in [-0.25, -0.2) is 4.79 Å². The number of carbonyl (C=O) groups excluding carboxylic acids is 2. The SMILES string of the molecule is C=CCC1=C(C)C(SC(C)(C)C)(C(=O)OC)C(C)=C(CC=C)C1=O. The number of ether oxygens (including phenoxy) is 1. The molecule has 1 rings (SSSR count). The Labute approximate surface area is 149 Å². The fourth-order valence-corrected chi connectivity index (χ4v) is 4.75. The third kappa shape index (κ3) is 3.59. The van der Waals surface area contributed by atoms with E-state index >= 15 is 0 Å². The number of carbonyl (C=O) groups is 2. The zero-order valence-electron chi connectivity index (χ0n) is 15.6. The van der Waals surface area contributed by atoms with Crippen molar-refractivity contribution in [1.29, 1.82) is 0 Å². The van der Waals surface area contributed by atoms with Crippen LogP contribution in [0.1, 0.15) is 47.5 Å². The summed E-state index contributed by atoms with van der Waals surface area (Å²) < 4.78 is 3.99. The molecule has 0 saturated heterocycles. The van der Waals surface area contributed by atoms with Gasteiger partial charge in [0.2, 0.25) is 0 Å². The summed E-state index contributed by atoms with van der Waals surface area (Å²) in [6.07, 6.45) is 4.27. The van der Waals surface area contributed by atoms with E-state index in [4.69, 9.17) is 4.74 Å². The number of hydrogen-bond acceptors (Lipinski definition) is 4. The molecule has 0 unspecified atom stereocenters. The van der Waals surface area contributed by atoms with Gasteiger partial charge in [-0.2, -0.15) is 0 Å². The van der Waals surface area contributed by atoms with E-state index in [0.717, 1.165) is 11.1 Å². The van der Waals surface area contributed by atoms with Crippen molar-refractivity contribution in [3.05, 3.63) is 47.6 Å². The number of rotatable bonds is 6. The molecule has 0 atom stereocenters. The van der Waals surface area contributed by atoms with Crippen LogP contribution in [-0.2, 0) is 14.3 Å². The van der Waals surface area contributed by atoms with Crippen molar-refractivity contribution in [2.45, 2.75) is 57.0 Å². The van der Waals surface area contributed by atoms with Gasteiger partial charge in [-0.1, -0.05) is 32.9 Å². The third-order valence-corrected chi connectivity index (χ3v) is 5.84. The summed E-state index contributed by atoms with van der Waals surface area (Å²) in [5.41, 5.74) is 2.78. The Balaban J connectivity index is 3.82. The zero-order valence-corrected chi connectivity index (χ0v) is 16.4. The summed E-state index contributed by atoms with van der Waals surface area (Å²) in [5, 5.41) is 0. The first-order valence-corrected chi connectivity index (χ1v) is 8.84. The molecule has 0 aromatic heterocycles. The molecule has 0 aromatic carbocycles. The second kappa shape index (κ2) is 7.56. The number of esters is 1. The third-order valence-electron chi connectivity index (χ3n) is 4.14. The van der Waals surface area contributed by atoms with Crippen molar-refractivity contribution >= 4 is 23.5 Å². The van der Waals surface area contributed by atoms with Crippen LogP contribution in [0.25, 0.3) is 0 Å². The average molecular weight is 349 g/mol. The van der Waals surface area contributed by atoms with Crippen molar-refractivity contribution < 1.29 is 14.3 Å². The summed E-state index contributed by atoms with van der Waals surface area (Å²) in [7, 11) is 1.39. The van der Waals surface area contributed by atoms with Crippen molar-refractivity contribution in [3.63, 3.8) is 0 Å². The molecule has 0 spiro atoms. The molecule has 0 bridgehead atoms. The Morgan fingerprint density at radius 1 is 1.12 bits per heavy atom. The Hall–Kier alpha value is -1.55. The van der Waals surface area contributed by atoms with Crippen LogP contribution in [0.15, 0.2) is 47.6 Å². The lowest BCUT2D eigenvalue weighted by atomic mass is 9.75. The molecule has 0 N–H and O–H groups in total. The number of methoxy groups -OCH3 is 1. The summed E-state index contributed by atoms with van der Waals surface area (Å²) >= 11 is 1.52. The van der Waals surface area contributed by atoms with Crippen LogP contribution in [0.4, 0.5) is 0 Å². The van der Waals surface area contributed by atoms with Gasteiger partial charge in [-0.15, -0.1) is 24.9 Å². The fourth-order valence-electron chi connectivity index (χ4n) is 3.11.